The number of nitrogens with zero attached hydrogens (tertiary/aromatic N) is 3. The minimum absolute atomic E-state index is 0.138. The Bertz CT molecular complexity index is 411. The maximum atomic E-state index is 10.6. The Hall–Kier alpha value is -1.86. The van der Waals surface area contributed by atoms with E-state index in [1.807, 2.05) is 0 Å². The SMILES string of the molecule is CCN(O)c1ccc([N+](=O)[O-])cc1N(O)CC. The van der Waals surface area contributed by atoms with E-state index >= 15 is 0 Å². The second-order valence-electron chi connectivity index (χ2n) is 3.36. The molecule has 1 aromatic carbocycles. The van der Waals surface area contributed by atoms with Gasteiger partial charge in [0, 0.05) is 25.2 Å². The molecule has 94 valence electrons. The molecule has 0 spiro atoms. The normalized spacial score (nSPS) is 10.1. The highest BCUT2D eigenvalue weighted by Gasteiger charge is 2.17. The Morgan fingerprint density at radius 2 is 1.71 bits per heavy atom. The maximum Gasteiger partial charge on any atom is 0.271 e. The summed E-state index contributed by atoms with van der Waals surface area (Å²) in [5, 5.41) is 31.7. The van der Waals surface area contributed by atoms with Crippen molar-refractivity contribution in [2.45, 2.75) is 13.8 Å². The second-order valence-corrected chi connectivity index (χ2v) is 3.36. The highest BCUT2D eigenvalue weighted by atomic mass is 16.6. The lowest BCUT2D eigenvalue weighted by Crippen LogP contribution is -2.23. The molecule has 0 atom stereocenters. The van der Waals surface area contributed by atoms with Gasteiger partial charge in [0.15, 0.2) is 0 Å². The molecule has 1 rings (SSSR count). The van der Waals surface area contributed by atoms with Gasteiger partial charge >= 0.3 is 0 Å². The van der Waals surface area contributed by atoms with Gasteiger partial charge in [0.05, 0.1) is 16.3 Å². The summed E-state index contributed by atoms with van der Waals surface area (Å²) in [6, 6.07) is 3.90. The Morgan fingerprint density at radius 3 is 2.18 bits per heavy atom. The van der Waals surface area contributed by atoms with Crippen molar-refractivity contribution in [3.05, 3.63) is 28.3 Å². The average Bonchev–Trinajstić information content (AvgIpc) is 2.35. The average molecular weight is 241 g/mol. The molecule has 7 heteroatoms. The third-order valence-electron chi connectivity index (χ3n) is 2.33. The van der Waals surface area contributed by atoms with Crippen LogP contribution >= 0.6 is 0 Å². The molecule has 0 amide bonds. The van der Waals surface area contributed by atoms with Gasteiger partial charge in [0.1, 0.15) is 0 Å². The molecular weight excluding hydrogens is 226 g/mol. The zero-order chi connectivity index (χ0) is 13.0. The third kappa shape index (κ3) is 2.83. The lowest BCUT2D eigenvalue weighted by molar-refractivity contribution is -0.384. The molecule has 0 saturated carbocycles. The molecule has 0 aliphatic heterocycles. The quantitative estimate of drug-likeness (QED) is 0.605. The van der Waals surface area contributed by atoms with Crippen LogP contribution in [0.4, 0.5) is 17.1 Å². The van der Waals surface area contributed by atoms with Gasteiger partial charge in [-0.1, -0.05) is 0 Å². The summed E-state index contributed by atoms with van der Waals surface area (Å²) in [5.41, 5.74) is 0.384. The Morgan fingerprint density at radius 1 is 1.18 bits per heavy atom. The maximum absolute atomic E-state index is 10.6. The van der Waals surface area contributed by atoms with Crippen molar-refractivity contribution in [3.8, 4) is 0 Å². The van der Waals surface area contributed by atoms with Crippen LogP contribution in [0.1, 0.15) is 13.8 Å². The van der Waals surface area contributed by atoms with Crippen molar-refractivity contribution in [2.24, 2.45) is 0 Å². The van der Waals surface area contributed by atoms with E-state index in [0.29, 0.717) is 12.2 Å². The molecule has 0 aliphatic rings. The second kappa shape index (κ2) is 5.46. The van der Waals surface area contributed by atoms with Gasteiger partial charge in [-0.05, 0) is 19.9 Å². The standard InChI is InChI=1S/C10H15N3O4/c1-3-11(14)9-6-5-8(13(16)17)7-10(9)12(15)4-2/h5-7,14-15H,3-4H2,1-2H3. The largest absolute Gasteiger partial charge is 0.288 e. The Labute approximate surface area is 98.6 Å². The number of nitro benzene ring substituents is 1. The molecule has 0 unspecified atom stereocenters. The van der Waals surface area contributed by atoms with E-state index in [2.05, 4.69) is 0 Å². The van der Waals surface area contributed by atoms with Crippen LogP contribution in [0, 0.1) is 10.1 Å². The van der Waals surface area contributed by atoms with Gasteiger partial charge in [-0.15, -0.1) is 0 Å². The summed E-state index contributed by atoms with van der Waals surface area (Å²) in [4.78, 5) is 10.1. The lowest BCUT2D eigenvalue weighted by Gasteiger charge is -2.23. The summed E-state index contributed by atoms with van der Waals surface area (Å²) in [6.07, 6.45) is 0. The highest BCUT2D eigenvalue weighted by molar-refractivity contribution is 5.72. The van der Waals surface area contributed by atoms with E-state index in [9.17, 15) is 20.5 Å². The molecule has 0 saturated heterocycles. The van der Waals surface area contributed by atoms with Crippen LogP contribution < -0.4 is 10.1 Å². The minimum atomic E-state index is -0.551. The van der Waals surface area contributed by atoms with Crippen LogP contribution in [0.3, 0.4) is 0 Å². The molecule has 0 aliphatic carbocycles. The third-order valence-corrected chi connectivity index (χ3v) is 2.33. The molecule has 0 fully saturated rings. The van der Waals surface area contributed by atoms with Crippen LogP contribution in [0.15, 0.2) is 18.2 Å². The van der Waals surface area contributed by atoms with E-state index in [1.165, 1.54) is 18.2 Å². The highest BCUT2D eigenvalue weighted by Crippen LogP contribution is 2.31. The van der Waals surface area contributed by atoms with Crippen molar-refractivity contribution in [3.63, 3.8) is 0 Å². The van der Waals surface area contributed by atoms with Crippen molar-refractivity contribution < 1.29 is 15.3 Å². The Balaban J connectivity index is 3.26. The zero-order valence-electron chi connectivity index (χ0n) is 9.70. The molecule has 0 aromatic heterocycles. The fourth-order valence-electron chi connectivity index (χ4n) is 1.39. The van der Waals surface area contributed by atoms with E-state index < -0.39 is 4.92 Å². The molecular formula is C10H15N3O4. The minimum Gasteiger partial charge on any atom is -0.288 e. The summed E-state index contributed by atoms with van der Waals surface area (Å²) in [7, 11) is 0. The molecule has 17 heavy (non-hydrogen) atoms. The number of non-ortho nitro benzene ring substituents is 1. The molecule has 0 bridgehead atoms. The van der Waals surface area contributed by atoms with Crippen LogP contribution in [0.5, 0.6) is 0 Å². The molecule has 1 aromatic rings. The predicted molar refractivity (Wildman–Crippen MR) is 62.7 cm³/mol. The van der Waals surface area contributed by atoms with Gasteiger partial charge in [-0.2, -0.15) is 0 Å². The number of hydrogen-bond acceptors (Lipinski definition) is 6. The van der Waals surface area contributed by atoms with Crippen LogP contribution in [-0.2, 0) is 0 Å². The van der Waals surface area contributed by atoms with Gasteiger partial charge in [-0.25, -0.2) is 0 Å². The number of rotatable bonds is 5. The monoisotopic (exact) mass is 241 g/mol. The van der Waals surface area contributed by atoms with Gasteiger partial charge in [0.25, 0.3) is 5.69 Å². The zero-order valence-corrected chi connectivity index (χ0v) is 9.70. The van der Waals surface area contributed by atoms with Crippen molar-refractivity contribution >= 4 is 17.1 Å². The summed E-state index contributed by atoms with van der Waals surface area (Å²) >= 11 is 0. The topological polar surface area (TPSA) is 90.1 Å². The van der Waals surface area contributed by atoms with Gasteiger partial charge in [0.2, 0.25) is 0 Å². The van der Waals surface area contributed by atoms with Crippen LogP contribution in [0.2, 0.25) is 0 Å². The van der Waals surface area contributed by atoms with Crippen LogP contribution in [-0.4, -0.2) is 28.4 Å². The first kappa shape index (κ1) is 13.2. The molecule has 2 N–H and O–H groups in total. The fraction of sp³-hybridized carbons (Fsp3) is 0.400. The number of benzene rings is 1. The summed E-state index contributed by atoms with van der Waals surface area (Å²) in [5.74, 6) is 0. The predicted octanol–water partition coefficient (Wildman–Crippen LogP) is 2.03. The fourth-order valence-corrected chi connectivity index (χ4v) is 1.39. The number of hydroxylamine groups is 2. The molecule has 7 nitrogen and oxygen atoms in total. The summed E-state index contributed by atoms with van der Waals surface area (Å²) < 4.78 is 0. The first-order valence-corrected chi connectivity index (χ1v) is 5.22. The van der Waals surface area contributed by atoms with Crippen molar-refractivity contribution in [1.82, 2.24) is 0 Å². The number of anilines is 2. The van der Waals surface area contributed by atoms with Gasteiger partial charge < -0.3 is 0 Å². The van der Waals surface area contributed by atoms with Crippen molar-refractivity contribution in [2.75, 3.05) is 23.2 Å². The van der Waals surface area contributed by atoms with Crippen LogP contribution in [0.25, 0.3) is 0 Å². The van der Waals surface area contributed by atoms with Crippen molar-refractivity contribution in [1.29, 1.82) is 0 Å². The molecule has 0 radical (unpaired) electrons. The summed E-state index contributed by atoms with van der Waals surface area (Å²) in [6.45, 7) is 3.98. The molecule has 0 heterocycles. The van der Waals surface area contributed by atoms with E-state index in [0.717, 1.165) is 10.1 Å². The number of hydrogen-bond donors (Lipinski definition) is 2. The van der Waals surface area contributed by atoms with E-state index in [-0.39, 0.29) is 17.9 Å². The van der Waals surface area contributed by atoms with E-state index in [1.54, 1.807) is 13.8 Å². The van der Waals surface area contributed by atoms with E-state index in [4.69, 9.17) is 0 Å². The number of nitro groups is 1. The smallest absolute Gasteiger partial charge is 0.271 e. The first-order valence-electron chi connectivity index (χ1n) is 5.22. The Kier molecular flexibility index (Phi) is 4.24. The van der Waals surface area contributed by atoms with Gasteiger partial charge in [-0.3, -0.25) is 30.7 Å². The lowest BCUT2D eigenvalue weighted by atomic mass is 10.2. The first-order chi connectivity index (χ1) is 8.01.